The number of halogens is 3. The predicted octanol–water partition coefficient (Wildman–Crippen LogP) is 3.22. The maximum Gasteiger partial charge on any atom is 0.434 e. The van der Waals surface area contributed by atoms with Crippen LogP contribution in [0.5, 0.6) is 0 Å². The van der Waals surface area contributed by atoms with Crippen LogP contribution in [-0.2, 0) is 10.9 Å². The number of rotatable bonds is 4. The van der Waals surface area contributed by atoms with Crippen LogP contribution in [0.2, 0.25) is 0 Å². The molecule has 0 bridgehead atoms. The molecule has 2 aromatic heterocycles. The first kappa shape index (κ1) is 18.4. The SMILES string of the molecule is CCOC(=O)c1cnn(-c2ccc(-n3ccccc3=O)cc2)c1C(F)(F)F. The van der Waals surface area contributed by atoms with Crippen molar-refractivity contribution in [2.24, 2.45) is 0 Å². The number of hydrogen-bond donors (Lipinski definition) is 0. The summed E-state index contributed by atoms with van der Waals surface area (Å²) in [7, 11) is 0. The zero-order valence-corrected chi connectivity index (χ0v) is 14.1. The van der Waals surface area contributed by atoms with Crippen molar-refractivity contribution < 1.29 is 22.7 Å². The first-order chi connectivity index (χ1) is 12.8. The summed E-state index contributed by atoms with van der Waals surface area (Å²) in [5, 5.41) is 3.70. The van der Waals surface area contributed by atoms with E-state index in [4.69, 9.17) is 0 Å². The molecule has 0 aliphatic rings. The zero-order chi connectivity index (χ0) is 19.6. The van der Waals surface area contributed by atoms with Gasteiger partial charge >= 0.3 is 12.1 Å². The number of benzene rings is 1. The first-order valence-corrected chi connectivity index (χ1v) is 7.93. The summed E-state index contributed by atoms with van der Waals surface area (Å²) in [6.07, 6.45) is -2.44. The fourth-order valence-electron chi connectivity index (χ4n) is 2.57. The number of carbonyl (C=O) groups excluding carboxylic acids is 1. The molecule has 0 saturated heterocycles. The zero-order valence-electron chi connectivity index (χ0n) is 14.1. The second-order valence-corrected chi connectivity index (χ2v) is 5.46. The fraction of sp³-hybridized carbons (Fsp3) is 0.167. The number of carbonyl (C=O) groups is 1. The Bertz CT molecular complexity index is 1020. The molecule has 0 aliphatic carbocycles. The summed E-state index contributed by atoms with van der Waals surface area (Å²) in [5.41, 5.74) is -1.58. The van der Waals surface area contributed by atoms with Crippen molar-refractivity contribution in [3.05, 3.63) is 76.5 Å². The molecule has 0 saturated carbocycles. The number of aromatic nitrogens is 3. The quantitative estimate of drug-likeness (QED) is 0.655. The Morgan fingerprint density at radius 2 is 1.78 bits per heavy atom. The Hall–Kier alpha value is -3.36. The lowest BCUT2D eigenvalue weighted by molar-refractivity contribution is -0.143. The number of pyridine rings is 1. The Balaban J connectivity index is 2.05. The highest BCUT2D eigenvalue weighted by Gasteiger charge is 2.41. The summed E-state index contributed by atoms with van der Waals surface area (Å²) in [6, 6.07) is 10.4. The highest BCUT2D eigenvalue weighted by molar-refractivity contribution is 5.90. The van der Waals surface area contributed by atoms with Crippen molar-refractivity contribution in [3.63, 3.8) is 0 Å². The van der Waals surface area contributed by atoms with Gasteiger partial charge in [0.15, 0.2) is 5.69 Å². The second-order valence-electron chi connectivity index (χ2n) is 5.46. The van der Waals surface area contributed by atoms with Crippen LogP contribution >= 0.6 is 0 Å². The van der Waals surface area contributed by atoms with Crippen LogP contribution in [-0.4, -0.2) is 26.9 Å². The van der Waals surface area contributed by atoms with Crippen LogP contribution in [0.25, 0.3) is 11.4 Å². The molecule has 1 aromatic carbocycles. The number of alkyl halides is 3. The molecule has 27 heavy (non-hydrogen) atoms. The summed E-state index contributed by atoms with van der Waals surface area (Å²) < 4.78 is 47.2. The largest absolute Gasteiger partial charge is 0.462 e. The highest BCUT2D eigenvalue weighted by atomic mass is 19.4. The van der Waals surface area contributed by atoms with Crippen molar-refractivity contribution in [1.29, 1.82) is 0 Å². The van der Waals surface area contributed by atoms with E-state index in [0.717, 1.165) is 6.20 Å². The van der Waals surface area contributed by atoms with Gasteiger partial charge in [-0.2, -0.15) is 18.3 Å². The van der Waals surface area contributed by atoms with Gasteiger partial charge in [0.05, 0.1) is 18.5 Å². The van der Waals surface area contributed by atoms with Crippen molar-refractivity contribution in [3.8, 4) is 11.4 Å². The van der Waals surface area contributed by atoms with Gasteiger partial charge in [-0.15, -0.1) is 0 Å². The molecule has 2 heterocycles. The molecule has 0 atom stereocenters. The Kier molecular flexibility index (Phi) is 4.85. The number of ether oxygens (including phenoxy) is 1. The molecule has 0 amide bonds. The van der Waals surface area contributed by atoms with Crippen LogP contribution in [0.1, 0.15) is 23.0 Å². The number of nitrogens with zero attached hydrogens (tertiary/aromatic N) is 3. The third kappa shape index (κ3) is 3.62. The molecule has 0 spiro atoms. The lowest BCUT2D eigenvalue weighted by Crippen LogP contribution is -2.19. The van der Waals surface area contributed by atoms with E-state index >= 15 is 0 Å². The second kappa shape index (κ2) is 7.10. The molecular weight excluding hydrogens is 363 g/mol. The molecule has 9 heteroatoms. The third-order valence-electron chi connectivity index (χ3n) is 3.73. The van der Waals surface area contributed by atoms with Crippen LogP contribution in [0.3, 0.4) is 0 Å². The van der Waals surface area contributed by atoms with Crippen molar-refractivity contribution >= 4 is 5.97 Å². The summed E-state index contributed by atoms with van der Waals surface area (Å²) in [6.45, 7) is 1.45. The Morgan fingerprint density at radius 1 is 1.11 bits per heavy atom. The monoisotopic (exact) mass is 377 g/mol. The summed E-state index contributed by atoms with van der Waals surface area (Å²) in [5.74, 6) is -1.09. The Labute approximate surface area is 151 Å². The minimum Gasteiger partial charge on any atom is -0.462 e. The smallest absolute Gasteiger partial charge is 0.434 e. The van der Waals surface area contributed by atoms with Gasteiger partial charge < -0.3 is 4.74 Å². The maximum absolute atomic E-state index is 13.5. The minimum absolute atomic E-state index is 0.0537. The summed E-state index contributed by atoms with van der Waals surface area (Å²) in [4.78, 5) is 23.7. The maximum atomic E-state index is 13.5. The minimum atomic E-state index is -4.81. The lowest BCUT2D eigenvalue weighted by Gasteiger charge is -2.13. The van der Waals surface area contributed by atoms with Crippen LogP contribution in [0.15, 0.2) is 59.7 Å². The molecule has 0 radical (unpaired) electrons. The molecule has 140 valence electrons. The first-order valence-electron chi connectivity index (χ1n) is 7.93. The van der Waals surface area contributed by atoms with Gasteiger partial charge in [-0.1, -0.05) is 6.07 Å². The molecule has 3 rings (SSSR count). The summed E-state index contributed by atoms with van der Waals surface area (Å²) >= 11 is 0. The Morgan fingerprint density at radius 3 is 2.37 bits per heavy atom. The normalized spacial score (nSPS) is 11.4. The molecule has 3 aromatic rings. The topological polar surface area (TPSA) is 66.1 Å². The lowest BCUT2D eigenvalue weighted by atomic mass is 10.2. The molecule has 0 unspecified atom stereocenters. The average Bonchev–Trinajstić information content (AvgIpc) is 3.08. The van der Waals surface area contributed by atoms with E-state index in [1.165, 1.54) is 41.8 Å². The van der Waals surface area contributed by atoms with Gasteiger partial charge in [-0.3, -0.25) is 9.36 Å². The molecule has 0 N–H and O–H groups in total. The molecule has 0 aliphatic heterocycles. The van der Waals surface area contributed by atoms with Crippen molar-refractivity contribution in [2.45, 2.75) is 13.1 Å². The predicted molar refractivity (Wildman–Crippen MR) is 90.1 cm³/mol. The van der Waals surface area contributed by atoms with E-state index in [0.29, 0.717) is 10.4 Å². The fourth-order valence-corrected chi connectivity index (χ4v) is 2.57. The molecule has 0 fully saturated rings. The number of hydrogen-bond acceptors (Lipinski definition) is 4. The van der Waals surface area contributed by atoms with E-state index in [2.05, 4.69) is 9.84 Å². The molecule has 6 nitrogen and oxygen atoms in total. The van der Waals surface area contributed by atoms with E-state index in [9.17, 15) is 22.8 Å². The van der Waals surface area contributed by atoms with Gasteiger partial charge in [0.1, 0.15) is 5.56 Å². The van der Waals surface area contributed by atoms with Crippen molar-refractivity contribution in [1.82, 2.24) is 14.3 Å². The third-order valence-corrected chi connectivity index (χ3v) is 3.73. The average molecular weight is 377 g/mol. The van der Waals surface area contributed by atoms with Gasteiger partial charge in [-0.25, -0.2) is 9.48 Å². The van der Waals surface area contributed by atoms with Crippen LogP contribution in [0.4, 0.5) is 13.2 Å². The van der Waals surface area contributed by atoms with Gasteiger partial charge in [0, 0.05) is 18.0 Å². The van der Waals surface area contributed by atoms with E-state index in [1.54, 1.807) is 18.3 Å². The molecular formula is C18H14F3N3O3. The van der Waals surface area contributed by atoms with Crippen molar-refractivity contribution in [2.75, 3.05) is 6.61 Å². The van der Waals surface area contributed by atoms with Crippen LogP contribution < -0.4 is 5.56 Å². The van der Waals surface area contributed by atoms with Crippen LogP contribution in [0, 0.1) is 0 Å². The van der Waals surface area contributed by atoms with E-state index < -0.39 is 23.4 Å². The van der Waals surface area contributed by atoms with E-state index in [-0.39, 0.29) is 17.9 Å². The standard InChI is InChI=1S/C18H14F3N3O3/c1-2-27-17(26)14-11-22-24(16(14)18(19,20)21)13-8-6-12(7-9-13)23-10-4-3-5-15(23)25/h3-11H,2H2,1H3. The van der Waals surface area contributed by atoms with E-state index in [1.807, 2.05) is 0 Å². The van der Waals surface area contributed by atoms with Gasteiger partial charge in [0.25, 0.3) is 5.56 Å². The van der Waals surface area contributed by atoms with Gasteiger partial charge in [0.2, 0.25) is 0 Å². The number of esters is 1. The highest BCUT2D eigenvalue weighted by Crippen LogP contribution is 2.34. The van der Waals surface area contributed by atoms with Gasteiger partial charge in [-0.05, 0) is 37.3 Å².